The molecule has 0 saturated heterocycles. The Balaban J connectivity index is 2.88. The van der Waals surface area contributed by atoms with Crippen LogP contribution in [0.1, 0.15) is 194 Å². The van der Waals surface area contributed by atoms with E-state index in [-0.39, 0.29) is 12.8 Å². The van der Waals surface area contributed by atoms with Gasteiger partial charge in [-0.15, -0.1) is 0 Å². The molecule has 26 heteroatoms. The number of carbonyl (C=O) groups is 2. The third kappa shape index (κ3) is 36.4. The quantitative estimate of drug-likeness (QED) is 0.0119. The Morgan fingerprint density at radius 3 is 1.15 bits per heavy atom. The van der Waals surface area contributed by atoms with Gasteiger partial charge in [-0.2, -0.15) is 0 Å². The SMILES string of the molecule is CCCCCCC=CCCCCCCCCCC(=O)OC[C@H](COP(=O)(O)OC1C(O)C(OP(=O)(O)O)C(OP(=O)(O)O)[C@@H](OP(=O)(O)O)C1O)OC(=O)CCCCCCCCCC=CCCCCCC. The van der Waals surface area contributed by atoms with Crippen LogP contribution in [-0.2, 0) is 59.9 Å². The summed E-state index contributed by atoms with van der Waals surface area (Å²) in [4.78, 5) is 92.9. The molecule has 0 aliphatic heterocycles. The smallest absolute Gasteiger partial charge is 0.462 e. The lowest BCUT2D eigenvalue weighted by atomic mass is 9.85. The molecule has 0 spiro atoms. The molecule has 1 aliphatic carbocycles. The van der Waals surface area contributed by atoms with E-state index in [4.69, 9.17) is 18.5 Å². The lowest BCUT2D eigenvalue weighted by Crippen LogP contribution is -2.65. The Bertz CT molecular complexity index is 1650. The van der Waals surface area contributed by atoms with Crippen LogP contribution in [0.15, 0.2) is 24.3 Å². The molecule has 418 valence electrons. The first-order valence-electron chi connectivity index (χ1n) is 25.4. The highest BCUT2D eigenvalue weighted by Gasteiger charge is 2.59. The maximum absolute atomic E-state index is 13.3. The highest BCUT2D eigenvalue weighted by atomic mass is 31.2. The molecule has 0 aromatic carbocycles. The van der Waals surface area contributed by atoms with E-state index in [1.807, 2.05) is 0 Å². The molecule has 0 amide bonds. The molecule has 6 unspecified atom stereocenters. The van der Waals surface area contributed by atoms with Crippen LogP contribution in [0.2, 0.25) is 0 Å². The van der Waals surface area contributed by atoms with Gasteiger partial charge in [-0.1, -0.05) is 141 Å². The number of phosphoric acid groups is 4. The topological polar surface area (TPSA) is 349 Å². The standard InChI is InChI=1S/C45H86O22P4/c1-3-5-7-9-11-13-15-17-19-21-23-25-27-29-31-33-38(46)61-35-37(63-39(47)34-32-30-28-26-24-22-20-18-16-14-12-10-8-6-4-2)36-62-71(59,60)67-42-40(48)43(64-68(50,51)52)45(66-70(56,57)58)44(41(42)49)65-69(53,54)55/h13-16,37,40-45,48-49H,3-12,17-36H2,1-2H3,(H,59,60)(H2,50,51,52)(H2,53,54,55)(H2,56,57,58)/t37-,40?,41?,42?,43+,44?,45?/m1/s1. The predicted molar refractivity (Wildman–Crippen MR) is 263 cm³/mol. The van der Waals surface area contributed by atoms with Crippen LogP contribution < -0.4 is 0 Å². The minimum Gasteiger partial charge on any atom is -0.462 e. The minimum atomic E-state index is -5.79. The third-order valence-electron chi connectivity index (χ3n) is 11.5. The van der Waals surface area contributed by atoms with Crippen LogP contribution >= 0.6 is 31.3 Å². The Morgan fingerprint density at radius 2 is 0.775 bits per heavy atom. The van der Waals surface area contributed by atoms with E-state index in [0.717, 1.165) is 96.3 Å². The number of aliphatic hydroxyl groups is 2. The van der Waals surface area contributed by atoms with Crippen molar-refractivity contribution in [3.63, 3.8) is 0 Å². The van der Waals surface area contributed by atoms with Gasteiger partial charge < -0.3 is 53.9 Å². The van der Waals surface area contributed by atoms with Crippen molar-refractivity contribution in [2.75, 3.05) is 13.2 Å². The molecule has 1 rings (SSSR count). The summed E-state index contributed by atoms with van der Waals surface area (Å²) in [7, 11) is -23.0. The first-order valence-corrected chi connectivity index (χ1v) is 31.5. The fourth-order valence-corrected chi connectivity index (χ4v) is 10.4. The molecule has 0 aromatic rings. The summed E-state index contributed by atoms with van der Waals surface area (Å²) < 4.78 is 82.2. The highest BCUT2D eigenvalue weighted by molar-refractivity contribution is 7.47. The monoisotopic (exact) mass is 1100 g/mol. The normalized spacial score (nSPS) is 21.5. The van der Waals surface area contributed by atoms with Gasteiger partial charge >= 0.3 is 43.2 Å². The minimum absolute atomic E-state index is 0.0296. The number of phosphoric ester groups is 4. The van der Waals surface area contributed by atoms with Crippen molar-refractivity contribution in [1.29, 1.82) is 0 Å². The first kappa shape index (κ1) is 67.8. The zero-order valence-corrected chi connectivity index (χ0v) is 45.3. The van der Waals surface area contributed by atoms with Gasteiger partial charge in [0.15, 0.2) is 6.10 Å². The lowest BCUT2D eigenvalue weighted by Gasteiger charge is -2.45. The fraction of sp³-hybridized carbons (Fsp3) is 0.867. The summed E-state index contributed by atoms with van der Waals surface area (Å²) >= 11 is 0. The van der Waals surface area contributed by atoms with E-state index in [0.29, 0.717) is 19.3 Å². The number of esters is 2. The van der Waals surface area contributed by atoms with E-state index in [1.54, 1.807) is 0 Å². The summed E-state index contributed by atoms with van der Waals surface area (Å²) in [5.74, 6) is -1.41. The van der Waals surface area contributed by atoms with Crippen molar-refractivity contribution in [2.45, 2.75) is 236 Å². The van der Waals surface area contributed by atoms with E-state index < -0.39 is 99.2 Å². The summed E-state index contributed by atoms with van der Waals surface area (Å²) in [6, 6.07) is 0. The molecule has 1 aliphatic rings. The van der Waals surface area contributed by atoms with E-state index in [1.165, 1.54) is 51.4 Å². The molecule has 0 heterocycles. The fourth-order valence-electron chi connectivity index (χ4n) is 7.78. The van der Waals surface area contributed by atoms with Crippen molar-refractivity contribution >= 4 is 43.2 Å². The molecular weight excluding hydrogens is 1020 g/mol. The molecule has 22 nitrogen and oxygen atoms in total. The van der Waals surface area contributed by atoms with Gasteiger partial charge in [0.2, 0.25) is 0 Å². The summed E-state index contributed by atoms with van der Waals surface area (Å²) in [5, 5.41) is 21.9. The number of hydrogen-bond acceptors (Lipinski definition) is 15. The summed E-state index contributed by atoms with van der Waals surface area (Å²) in [6.45, 7) is 2.74. The second kappa shape index (κ2) is 38.3. The molecule has 0 bridgehead atoms. The van der Waals surface area contributed by atoms with Crippen LogP contribution in [0.3, 0.4) is 0 Å². The zero-order valence-electron chi connectivity index (χ0n) is 41.7. The number of rotatable bonds is 44. The molecular formula is C45H86O22P4. The second-order valence-electron chi connectivity index (χ2n) is 18.0. The number of aliphatic hydroxyl groups excluding tert-OH is 2. The van der Waals surface area contributed by atoms with Gasteiger partial charge in [0.05, 0.1) is 6.61 Å². The van der Waals surface area contributed by atoms with Crippen molar-refractivity contribution in [3.05, 3.63) is 24.3 Å². The Labute approximate surface area is 420 Å². The molecule has 8 atom stereocenters. The largest absolute Gasteiger partial charge is 0.472 e. The number of unbranched alkanes of at least 4 members (excludes halogenated alkanes) is 22. The van der Waals surface area contributed by atoms with Gasteiger partial charge in [0, 0.05) is 12.8 Å². The number of ether oxygens (including phenoxy) is 2. The molecule has 71 heavy (non-hydrogen) atoms. The maximum atomic E-state index is 13.3. The van der Waals surface area contributed by atoms with Crippen molar-refractivity contribution in [3.8, 4) is 0 Å². The summed E-state index contributed by atoms with van der Waals surface area (Å²) in [5.41, 5.74) is 0. The molecule has 9 N–H and O–H groups in total. The Hall–Kier alpha value is -1.22. The summed E-state index contributed by atoms with van der Waals surface area (Å²) in [6.07, 6.45) is 18.1. The van der Waals surface area contributed by atoms with Gasteiger partial charge in [-0.05, 0) is 64.2 Å². The zero-order chi connectivity index (χ0) is 53.2. The van der Waals surface area contributed by atoms with Crippen molar-refractivity contribution in [1.82, 2.24) is 0 Å². The lowest BCUT2D eigenvalue weighted by molar-refractivity contribution is -0.209. The van der Waals surface area contributed by atoms with Crippen LogP contribution in [-0.4, -0.2) is 112 Å². The Morgan fingerprint density at radius 1 is 0.437 bits per heavy atom. The average molecular weight is 1100 g/mol. The van der Waals surface area contributed by atoms with Gasteiger partial charge in [-0.3, -0.25) is 32.2 Å². The van der Waals surface area contributed by atoms with Gasteiger partial charge in [0.25, 0.3) is 0 Å². The van der Waals surface area contributed by atoms with Gasteiger partial charge in [-0.25, -0.2) is 18.3 Å². The van der Waals surface area contributed by atoms with Crippen LogP contribution in [0.4, 0.5) is 0 Å². The second-order valence-corrected chi connectivity index (χ2v) is 22.9. The predicted octanol–water partition coefficient (Wildman–Crippen LogP) is 9.19. The molecule has 0 aromatic heterocycles. The maximum Gasteiger partial charge on any atom is 0.472 e. The highest BCUT2D eigenvalue weighted by Crippen LogP contribution is 2.53. The molecule has 1 saturated carbocycles. The molecule has 1 fully saturated rings. The number of carbonyl (C=O) groups excluding carboxylic acids is 2. The number of hydrogen-bond donors (Lipinski definition) is 9. The van der Waals surface area contributed by atoms with Gasteiger partial charge in [0.1, 0.15) is 43.2 Å². The van der Waals surface area contributed by atoms with Crippen LogP contribution in [0.25, 0.3) is 0 Å². The first-order chi connectivity index (χ1) is 33.5. The number of allylic oxidation sites excluding steroid dienone is 4. The van der Waals surface area contributed by atoms with Crippen LogP contribution in [0, 0.1) is 0 Å². The average Bonchev–Trinajstić information content (AvgIpc) is 3.27. The van der Waals surface area contributed by atoms with E-state index in [9.17, 15) is 72.3 Å². The van der Waals surface area contributed by atoms with E-state index >= 15 is 0 Å². The van der Waals surface area contributed by atoms with Crippen molar-refractivity contribution < 1.29 is 104 Å². The van der Waals surface area contributed by atoms with Crippen LogP contribution in [0.5, 0.6) is 0 Å². The van der Waals surface area contributed by atoms with Crippen molar-refractivity contribution in [2.24, 2.45) is 0 Å². The third-order valence-corrected chi connectivity index (χ3v) is 14.0. The molecule has 0 radical (unpaired) electrons. The Kier molecular flexibility index (Phi) is 36.6. The van der Waals surface area contributed by atoms with E-state index in [2.05, 4.69) is 51.7 Å².